The van der Waals surface area contributed by atoms with E-state index >= 15 is 0 Å². The van der Waals surface area contributed by atoms with Gasteiger partial charge in [0.1, 0.15) is 11.6 Å². The smallest absolute Gasteiger partial charge is 0.133 e. The molecule has 0 aromatic heterocycles. The minimum Gasteiger partial charge on any atom is -0.389 e. The molecule has 0 fully saturated rings. The van der Waals surface area contributed by atoms with Crippen LogP contribution in [-0.4, -0.2) is 11.2 Å². The lowest BCUT2D eigenvalue weighted by Gasteiger charge is -2.09. The molecule has 0 amide bonds. The molecule has 1 atom stereocenters. The topological polar surface area (TPSA) is 20.2 Å². The van der Waals surface area contributed by atoms with Crippen molar-refractivity contribution < 1.29 is 13.9 Å². The van der Waals surface area contributed by atoms with Crippen LogP contribution in [0.15, 0.2) is 24.3 Å². The zero-order chi connectivity index (χ0) is 11.5. The van der Waals surface area contributed by atoms with Crippen LogP contribution in [-0.2, 0) is 0 Å². The van der Waals surface area contributed by atoms with Gasteiger partial charge in [0.2, 0.25) is 0 Å². The molecule has 0 heterocycles. The summed E-state index contributed by atoms with van der Waals surface area (Å²) < 4.78 is 27.1. The number of halogens is 2. The number of allylic oxidation sites excluding steroid dienone is 1. The molecule has 0 spiro atoms. The predicted octanol–water partition coefficient (Wildman–Crippen LogP) is 3.28. The molecule has 1 N–H and O–H groups in total. The average Bonchev–Trinajstić information content (AvgIpc) is 2.43. The fraction of sp³-hybridized carbons (Fsp3) is 0.385. The second-order valence-corrected chi connectivity index (χ2v) is 4.10. The first-order valence-electron chi connectivity index (χ1n) is 5.51. The normalized spacial score (nSPS) is 21.4. The Morgan fingerprint density at radius 2 is 1.81 bits per heavy atom. The van der Waals surface area contributed by atoms with Crippen LogP contribution in [0.3, 0.4) is 0 Å². The number of aliphatic hydroxyl groups is 1. The molecule has 1 aliphatic carbocycles. The SMILES string of the molecule is OC1C=C(c2c(F)cccc2F)CCCC1. The quantitative estimate of drug-likeness (QED) is 0.776. The molecule has 0 radical (unpaired) electrons. The van der Waals surface area contributed by atoms with Gasteiger partial charge >= 0.3 is 0 Å². The van der Waals surface area contributed by atoms with E-state index in [0.29, 0.717) is 18.4 Å². The van der Waals surface area contributed by atoms with Gasteiger partial charge in [-0.15, -0.1) is 0 Å². The molecule has 0 saturated heterocycles. The third kappa shape index (κ3) is 2.30. The second kappa shape index (κ2) is 4.74. The maximum Gasteiger partial charge on any atom is 0.133 e. The van der Waals surface area contributed by atoms with Crippen LogP contribution in [0.2, 0.25) is 0 Å². The molecule has 1 aromatic rings. The van der Waals surface area contributed by atoms with Crippen LogP contribution < -0.4 is 0 Å². The van der Waals surface area contributed by atoms with Gasteiger partial charge in [0.15, 0.2) is 0 Å². The standard InChI is InChI=1S/C13H14F2O/c14-11-6-3-7-12(15)13(11)9-4-1-2-5-10(16)8-9/h3,6-8,10,16H,1-2,4-5H2. The fourth-order valence-corrected chi connectivity index (χ4v) is 2.08. The van der Waals surface area contributed by atoms with Gasteiger partial charge in [0, 0.05) is 5.56 Å². The summed E-state index contributed by atoms with van der Waals surface area (Å²) in [6.45, 7) is 0. The summed E-state index contributed by atoms with van der Waals surface area (Å²) >= 11 is 0. The van der Waals surface area contributed by atoms with Crippen LogP contribution in [0, 0.1) is 11.6 Å². The van der Waals surface area contributed by atoms with Crippen molar-refractivity contribution in [3.05, 3.63) is 41.5 Å². The van der Waals surface area contributed by atoms with Crippen molar-refractivity contribution in [3.63, 3.8) is 0 Å². The summed E-state index contributed by atoms with van der Waals surface area (Å²) in [5, 5.41) is 9.58. The molecule has 1 aliphatic rings. The van der Waals surface area contributed by atoms with Gasteiger partial charge in [-0.05, 0) is 37.0 Å². The first-order valence-corrected chi connectivity index (χ1v) is 5.51. The van der Waals surface area contributed by atoms with E-state index < -0.39 is 17.7 Å². The van der Waals surface area contributed by atoms with E-state index in [1.807, 2.05) is 0 Å². The highest BCUT2D eigenvalue weighted by molar-refractivity contribution is 5.67. The summed E-state index contributed by atoms with van der Waals surface area (Å²) in [5.41, 5.74) is 0.601. The van der Waals surface area contributed by atoms with E-state index in [1.165, 1.54) is 18.2 Å². The molecule has 0 saturated carbocycles. The first kappa shape index (κ1) is 11.3. The van der Waals surface area contributed by atoms with Crippen molar-refractivity contribution in [1.82, 2.24) is 0 Å². The van der Waals surface area contributed by atoms with E-state index in [9.17, 15) is 13.9 Å². The van der Waals surface area contributed by atoms with Crippen LogP contribution in [0.25, 0.3) is 5.57 Å². The Kier molecular flexibility index (Phi) is 3.34. The summed E-state index contributed by atoms with van der Waals surface area (Å²) in [6, 6.07) is 3.84. The van der Waals surface area contributed by atoms with Crippen molar-refractivity contribution in [2.75, 3.05) is 0 Å². The molecular weight excluding hydrogens is 210 g/mol. The molecule has 2 rings (SSSR count). The van der Waals surface area contributed by atoms with Crippen LogP contribution in [0.1, 0.15) is 31.2 Å². The minimum absolute atomic E-state index is 0.0171. The molecule has 1 unspecified atom stereocenters. The lowest BCUT2D eigenvalue weighted by molar-refractivity contribution is 0.211. The summed E-state index contributed by atoms with van der Waals surface area (Å²) in [5.74, 6) is -1.11. The maximum atomic E-state index is 13.5. The molecular formula is C13H14F2O. The van der Waals surface area contributed by atoms with Crippen LogP contribution in [0.4, 0.5) is 8.78 Å². The van der Waals surface area contributed by atoms with Gasteiger partial charge in [-0.25, -0.2) is 8.78 Å². The van der Waals surface area contributed by atoms with Gasteiger partial charge in [0.25, 0.3) is 0 Å². The molecule has 1 nitrogen and oxygen atoms in total. The van der Waals surface area contributed by atoms with E-state index in [2.05, 4.69) is 0 Å². The predicted molar refractivity (Wildman–Crippen MR) is 58.8 cm³/mol. The zero-order valence-electron chi connectivity index (χ0n) is 8.92. The van der Waals surface area contributed by atoms with E-state index in [-0.39, 0.29) is 5.56 Å². The van der Waals surface area contributed by atoms with E-state index in [4.69, 9.17) is 0 Å². The van der Waals surface area contributed by atoms with Crippen molar-refractivity contribution in [2.24, 2.45) is 0 Å². The van der Waals surface area contributed by atoms with Crippen molar-refractivity contribution in [1.29, 1.82) is 0 Å². The van der Waals surface area contributed by atoms with Gasteiger partial charge in [-0.2, -0.15) is 0 Å². The number of rotatable bonds is 1. The third-order valence-corrected chi connectivity index (χ3v) is 2.87. The van der Waals surface area contributed by atoms with Gasteiger partial charge in [-0.3, -0.25) is 0 Å². The lowest BCUT2D eigenvalue weighted by Crippen LogP contribution is -2.01. The van der Waals surface area contributed by atoms with Crippen molar-refractivity contribution in [2.45, 2.75) is 31.8 Å². The van der Waals surface area contributed by atoms with Crippen molar-refractivity contribution in [3.8, 4) is 0 Å². The second-order valence-electron chi connectivity index (χ2n) is 4.10. The fourth-order valence-electron chi connectivity index (χ4n) is 2.08. The van der Waals surface area contributed by atoms with Crippen LogP contribution in [0.5, 0.6) is 0 Å². The molecule has 0 bridgehead atoms. The third-order valence-electron chi connectivity index (χ3n) is 2.87. The Morgan fingerprint density at radius 1 is 1.12 bits per heavy atom. The molecule has 0 aliphatic heterocycles. The van der Waals surface area contributed by atoms with Gasteiger partial charge in [0.05, 0.1) is 6.10 Å². The maximum absolute atomic E-state index is 13.5. The van der Waals surface area contributed by atoms with Gasteiger partial charge in [-0.1, -0.05) is 18.6 Å². The van der Waals surface area contributed by atoms with Crippen LogP contribution >= 0.6 is 0 Å². The Labute approximate surface area is 93.4 Å². The summed E-state index contributed by atoms with van der Waals surface area (Å²) in [4.78, 5) is 0. The monoisotopic (exact) mass is 224 g/mol. The highest BCUT2D eigenvalue weighted by Gasteiger charge is 2.17. The molecule has 1 aromatic carbocycles. The first-order chi connectivity index (χ1) is 7.68. The zero-order valence-corrected chi connectivity index (χ0v) is 8.92. The Hall–Kier alpha value is -1.22. The highest BCUT2D eigenvalue weighted by atomic mass is 19.1. The number of aliphatic hydroxyl groups excluding tert-OH is 1. The molecule has 16 heavy (non-hydrogen) atoms. The number of hydrogen-bond donors (Lipinski definition) is 1. The van der Waals surface area contributed by atoms with Gasteiger partial charge < -0.3 is 5.11 Å². The van der Waals surface area contributed by atoms with E-state index in [1.54, 1.807) is 6.08 Å². The Balaban J connectivity index is 2.42. The lowest BCUT2D eigenvalue weighted by atomic mass is 10.00. The largest absolute Gasteiger partial charge is 0.389 e. The number of hydrogen-bond acceptors (Lipinski definition) is 1. The molecule has 86 valence electrons. The Morgan fingerprint density at radius 3 is 2.50 bits per heavy atom. The average molecular weight is 224 g/mol. The minimum atomic E-state index is -0.587. The number of benzene rings is 1. The molecule has 3 heteroatoms. The highest BCUT2D eigenvalue weighted by Crippen LogP contribution is 2.29. The summed E-state index contributed by atoms with van der Waals surface area (Å²) in [7, 11) is 0. The Bertz CT molecular complexity index is 392. The summed E-state index contributed by atoms with van der Waals surface area (Å²) in [6.07, 6.45) is 4.02. The van der Waals surface area contributed by atoms with E-state index in [0.717, 1.165) is 12.8 Å². The van der Waals surface area contributed by atoms with Crippen molar-refractivity contribution >= 4 is 5.57 Å².